The number of carbonyl (C=O) groups is 1. The van der Waals surface area contributed by atoms with Crippen LogP contribution in [0.25, 0.3) is 11.5 Å². The number of aryl methyl sites for hydroxylation is 1. The highest BCUT2D eigenvalue weighted by atomic mass is 19.4. The highest BCUT2D eigenvalue weighted by Gasteiger charge is 2.36. The van der Waals surface area contributed by atoms with Crippen molar-refractivity contribution in [1.29, 1.82) is 0 Å². The topological polar surface area (TPSA) is 68.5 Å². The normalized spacial score (nSPS) is 16.9. The number of methoxy groups -OCH3 is 1. The fraction of sp³-hybridized carbons (Fsp3) is 0.286. The molecule has 156 valence electrons. The molecule has 0 aliphatic carbocycles. The maximum Gasteiger partial charge on any atom is 0.416 e. The average Bonchev–Trinajstić information content (AvgIpc) is 3.34. The van der Waals surface area contributed by atoms with Gasteiger partial charge in [0, 0.05) is 24.4 Å². The predicted octanol–water partition coefficient (Wildman–Crippen LogP) is 4.59. The molecule has 1 unspecified atom stereocenters. The van der Waals surface area contributed by atoms with Gasteiger partial charge in [-0.3, -0.25) is 4.79 Å². The first-order chi connectivity index (χ1) is 14.3. The number of aromatic nitrogens is 2. The van der Waals surface area contributed by atoms with Crippen LogP contribution in [0.2, 0.25) is 0 Å². The second-order valence-electron chi connectivity index (χ2n) is 7.11. The number of rotatable bonds is 4. The number of amides is 1. The summed E-state index contributed by atoms with van der Waals surface area (Å²) >= 11 is 0. The Morgan fingerprint density at radius 2 is 1.90 bits per heavy atom. The summed E-state index contributed by atoms with van der Waals surface area (Å²) < 4.78 is 48.8. The largest absolute Gasteiger partial charge is 0.495 e. The molecule has 0 saturated carbocycles. The fourth-order valence-corrected chi connectivity index (χ4v) is 3.44. The van der Waals surface area contributed by atoms with Gasteiger partial charge in [0.05, 0.1) is 18.4 Å². The molecular formula is C21H18F3N3O3. The first kappa shape index (κ1) is 19.9. The minimum absolute atomic E-state index is 0.0928. The van der Waals surface area contributed by atoms with E-state index in [0.717, 1.165) is 17.7 Å². The van der Waals surface area contributed by atoms with Gasteiger partial charge < -0.3 is 14.2 Å². The van der Waals surface area contributed by atoms with Gasteiger partial charge >= 0.3 is 6.18 Å². The van der Waals surface area contributed by atoms with E-state index in [4.69, 9.17) is 9.26 Å². The first-order valence-electron chi connectivity index (χ1n) is 9.22. The van der Waals surface area contributed by atoms with Crippen LogP contribution in [0.4, 0.5) is 18.9 Å². The Labute approximate surface area is 170 Å². The van der Waals surface area contributed by atoms with Gasteiger partial charge in [0.25, 0.3) is 5.89 Å². The van der Waals surface area contributed by atoms with Crippen molar-refractivity contribution in [3.05, 3.63) is 59.4 Å². The molecule has 1 atom stereocenters. The van der Waals surface area contributed by atoms with Crippen molar-refractivity contribution in [1.82, 2.24) is 10.1 Å². The van der Waals surface area contributed by atoms with Crippen LogP contribution in [0.15, 0.2) is 47.0 Å². The van der Waals surface area contributed by atoms with E-state index >= 15 is 0 Å². The van der Waals surface area contributed by atoms with Crippen LogP contribution in [0.1, 0.15) is 29.3 Å². The molecule has 1 fully saturated rings. The molecule has 0 spiro atoms. The Bertz CT molecular complexity index is 1080. The lowest BCUT2D eigenvalue weighted by molar-refractivity contribution is -0.137. The Balaban J connectivity index is 1.55. The molecule has 1 aliphatic rings. The number of anilines is 1. The number of ether oxygens (including phenoxy) is 1. The number of benzene rings is 2. The van der Waals surface area contributed by atoms with Crippen molar-refractivity contribution in [3.8, 4) is 17.2 Å². The van der Waals surface area contributed by atoms with Crippen LogP contribution in [0.3, 0.4) is 0 Å². The van der Waals surface area contributed by atoms with Crippen LogP contribution < -0.4 is 9.64 Å². The SMILES string of the molecule is COc1ccc(C)cc1N1CC(c2noc(-c3ccc(C(F)(F)F)cc3)n2)CC1=O. The number of hydrogen-bond donors (Lipinski definition) is 0. The molecule has 0 bridgehead atoms. The summed E-state index contributed by atoms with van der Waals surface area (Å²) in [6.45, 7) is 2.28. The molecule has 4 rings (SSSR count). The Morgan fingerprint density at radius 3 is 2.57 bits per heavy atom. The standard InChI is InChI=1S/C21H18F3N3O3/c1-12-3-8-17(29-2)16(9-12)27-11-14(10-18(27)28)19-25-20(30-26-19)13-4-6-15(7-5-13)21(22,23)24/h3-9,14H,10-11H2,1-2H3. The van der Waals surface area contributed by atoms with Crippen molar-refractivity contribution >= 4 is 11.6 Å². The van der Waals surface area contributed by atoms with Gasteiger partial charge in [0.1, 0.15) is 5.75 Å². The molecule has 2 heterocycles. The summed E-state index contributed by atoms with van der Waals surface area (Å²) in [4.78, 5) is 18.6. The lowest BCUT2D eigenvalue weighted by Crippen LogP contribution is -2.25. The maximum atomic E-state index is 12.7. The van der Waals surface area contributed by atoms with Crippen LogP contribution >= 0.6 is 0 Å². The van der Waals surface area contributed by atoms with E-state index in [9.17, 15) is 18.0 Å². The van der Waals surface area contributed by atoms with Gasteiger partial charge in [-0.15, -0.1) is 0 Å². The van der Waals surface area contributed by atoms with Crippen molar-refractivity contribution in [2.75, 3.05) is 18.6 Å². The van der Waals surface area contributed by atoms with Crippen LogP contribution in [-0.2, 0) is 11.0 Å². The molecule has 1 amide bonds. The van der Waals surface area contributed by atoms with E-state index in [1.54, 1.807) is 12.0 Å². The zero-order valence-corrected chi connectivity index (χ0v) is 16.2. The fourth-order valence-electron chi connectivity index (χ4n) is 3.44. The molecule has 0 radical (unpaired) electrons. The summed E-state index contributed by atoms with van der Waals surface area (Å²) in [5.41, 5.74) is 1.29. The molecule has 0 N–H and O–H groups in total. The lowest BCUT2D eigenvalue weighted by Gasteiger charge is -2.19. The van der Waals surface area contributed by atoms with E-state index in [-0.39, 0.29) is 24.1 Å². The van der Waals surface area contributed by atoms with Crippen molar-refractivity contribution in [3.63, 3.8) is 0 Å². The second kappa shape index (κ2) is 7.47. The molecule has 30 heavy (non-hydrogen) atoms. The van der Waals surface area contributed by atoms with Gasteiger partial charge in [0.15, 0.2) is 5.82 Å². The minimum atomic E-state index is -4.41. The van der Waals surface area contributed by atoms with Crippen LogP contribution in [-0.4, -0.2) is 29.7 Å². The van der Waals surface area contributed by atoms with Crippen molar-refractivity contribution < 1.29 is 27.2 Å². The summed E-state index contributed by atoms with van der Waals surface area (Å²) in [7, 11) is 1.54. The van der Waals surface area contributed by atoms with Crippen LogP contribution in [0.5, 0.6) is 5.75 Å². The summed E-state index contributed by atoms with van der Waals surface area (Å²) in [6, 6.07) is 10.1. The zero-order valence-electron chi connectivity index (χ0n) is 16.2. The van der Waals surface area contributed by atoms with E-state index in [2.05, 4.69) is 10.1 Å². The first-order valence-corrected chi connectivity index (χ1v) is 9.22. The Morgan fingerprint density at radius 1 is 1.17 bits per heavy atom. The molecule has 1 aromatic heterocycles. The van der Waals surface area contributed by atoms with Gasteiger partial charge in [0.2, 0.25) is 5.91 Å². The molecule has 3 aromatic rings. The van der Waals surface area contributed by atoms with E-state index in [0.29, 0.717) is 29.4 Å². The number of hydrogen-bond acceptors (Lipinski definition) is 5. The average molecular weight is 417 g/mol. The van der Waals surface area contributed by atoms with Crippen molar-refractivity contribution in [2.24, 2.45) is 0 Å². The molecule has 1 aliphatic heterocycles. The highest BCUT2D eigenvalue weighted by molar-refractivity contribution is 5.97. The monoisotopic (exact) mass is 417 g/mol. The predicted molar refractivity (Wildman–Crippen MR) is 102 cm³/mol. The van der Waals surface area contributed by atoms with Crippen molar-refractivity contribution in [2.45, 2.75) is 25.4 Å². The molecule has 1 saturated heterocycles. The smallest absolute Gasteiger partial charge is 0.416 e. The second-order valence-corrected chi connectivity index (χ2v) is 7.11. The molecule has 2 aromatic carbocycles. The van der Waals surface area contributed by atoms with E-state index in [1.165, 1.54) is 12.1 Å². The molecule has 6 nitrogen and oxygen atoms in total. The van der Waals surface area contributed by atoms with E-state index < -0.39 is 11.7 Å². The number of alkyl halides is 3. The minimum Gasteiger partial charge on any atom is -0.495 e. The Kier molecular flexibility index (Phi) is 4.97. The quantitative estimate of drug-likeness (QED) is 0.621. The highest BCUT2D eigenvalue weighted by Crippen LogP contribution is 2.37. The number of carbonyl (C=O) groups excluding carboxylic acids is 1. The third-order valence-electron chi connectivity index (χ3n) is 5.02. The zero-order chi connectivity index (χ0) is 21.5. The van der Waals surface area contributed by atoms with E-state index in [1.807, 2.05) is 25.1 Å². The lowest BCUT2D eigenvalue weighted by atomic mass is 10.1. The molecular weight excluding hydrogens is 399 g/mol. The summed E-state index contributed by atoms with van der Waals surface area (Å²) in [5.74, 6) is 0.651. The number of nitrogens with zero attached hydrogens (tertiary/aromatic N) is 3. The van der Waals surface area contributed by atoms with Gasteiger partial charge in [-0.05, 0) is 48.9 Å². The maximum absolute atomic E-state index is 12.7. The van der Waals surface area contributed by atoms with Crippen LogP contribution in [0, 0.1) is 6.92 Å². The van der Waals surface area contributed by atoms with Gasteiger partial charge in [-0.2, -0.15) is 18.2 Å². The third-order valence-corrected chi connectivity index (χ3v) is 5.02. The summed E-state index contributed by atoms with van der Waals surface area (Å²) in [6.07, 6.45) is -4.22. The van der Waals surface area contributed by atoms with Gasteiger partial charge in [-0.25, -0.2) is 0 Å². The van der Waals surface area contributed by atoms with Gasteiger partial charge in [-0.1, -0.05) is 11.2 Å². The molecule has 9 heteroatoms. The third kappa shape index (κ3) is 3.74. The number of halogens is 3. The summed E-state index contributed by atoms with van der Waals surface area (Å²) in [5, 5.41) is 3.95. The Hall–Kier alpha value is -3.36.